The summed E-state index contributed by atoms with van der Waals surface area (Å²) in [6.07, 6.45) is 1.41. The number of methoxy groups -OCH3 is 1. The molecule has 126 valence electrons. The summed E-state index contributed by atoms with van der Waals surface area (Å²) in [4.78, 5) is 11.9. The third-order valence-electron chi connectivity index (χ3n) is 2.99. The van der Waals surface area contributed by atoms with Gasteiger partial charge in [-0.2, -0.15) is 15.5 Å². The third-order valence-corrected chi connectivity index (χ3v) is 3.32. The molecular weight excluding hydrogens is 342 g/mol. The molecule has 25 heavy (non-hydrogen) atoms. The second kappa shape index (κ2) is 9.05. The topological polar surface area (TPSA) is 98.9 Å². The van der Waals surface area contributed by atoms with Gasteiger partial charge in [0.2, 0.25) is 5.71 Å². The number of hydrazone groups is 2. The zero-order chi connectivity index (χ0) is 18.1. The van der Waals surface area contributed by atoms with Crippen molar-refractivity contribution >= 4 is 35.1 Å². The lowest BCUT2D eigenvalue weighted by atomic mass is 10.2. The molecule has 0 aromatic heterocycles. The highest BCUT2D eigenvalue weighted by molar-refractivity contribution is 6.45. The third kappa shape index (κ3) is 5.06. The highest BCUT2D eigenvalue weighted by Crippen LogP contribution is 2.20. The van der Waals surface area contributed by atoms with Crippen molar-refractivity contribution in [1.29, 1.82) is 5.26 Å². The summed E-state index contributed by atoms with van der Waals surface area (Å²) < 4.78 is 5.17. The van der Waals surface area contributed by atoms with Gasteiger partial charge in [-0.1, -0.05) is 35.9 Å². The first-order valence-electron chi connectivity index (χ1n) is 7.10. The van der Waals surface area contributed by atoms with Gasteiger partial charge in [-0.3, -0.25) is 10.2 Å². The van der Waals surface area contributed by atoms with Crippen molar-refractivity contribution < 1.29 is 9.53 Å². The Bertz CT molecular complexity index is 858. The number of carbonyl (C=O) groups is 1. The van der Waals surface area contributed by atoms with Crippen LogP contribution in [0.25, 0.3) is 0 Å². The van der Waals surface area contributed by atoms with Gasteiger partial charge in [0.05, 0.1) is 24.0 Å². The van der Waals surface area contributed by atoms with E-state index in [1.165, 1.54) is 13.3 Å². The van der Waals surface area contributed by atoms with Gasteiger partial charge in [-0.15, -0.1) is 0 Å². The quantitative estimate of drug-likeness (QED) is 0.614. The first kappa shape index (κ1) is 18.0. The number of nitrogens with zero attached hydrogens (tertiary/aromatic N) is 3. The van der Waals surface area contributed by atoms with Crippen LogP contribution in [-0.4, -0.2) is 24.9 Å². The van der Waals surface area contributed by atoms with E-state index < -0.39 is 11.6 Å². The number of amides is 1. The Hall–Kier alpha value is -3.37. The summed E-state index contributed by atoms with van der Waals surface area (Å²) in [6, 6.07) is 15.7. The SMILES string of the molecule is COc1ccccc1/C=N/NC(=O)/C(C#N)=N/Nc1ccccc1Cl. The van der Waals surface area contributed by atoms with Crippen molar-refractivity contribution in [2.45, 2.75) is 0 Å². The average molecular weight is 356 g/mol. The van der Waals surface area contributed by atoms with Gasteiger partial charge in [0, 0.05) is 5.56 Å². The van der Waals surface area contributed by atoms with Crippen molar-refractivity contribution in [3.8, 4) is 11.8 Å². The minimum atomic E-state index is -0.756. The number of rotatable bonds is 6. The first-order valence-corrected chi connectivity index (χ1v) is 7.48. The van der Waals surface area contributed by atoms with E-state index >= 15 is 0 Å². The zero-order valence-corrected chi connectivity index (χ0v) is 14.0. The van der Waals surface area contributed by atoms with Crippen LogP contribution in [0.4, 0.5) is 5.69 Å². The predicted octanol–water partition coefficient (Wildman–Crippen LogP) is 2.79. The van der Waals surface area contributed by atoms with Crippen LogP contribution >= 0.6 is 11.6 Å². The maximum atomic E-state index is 11.9. The molecule has 0 fully saturated rings. The Balaban J connectivity index is 2.03. The standard InChI is InChI=1S/C17H14ClN5O2/c1-25-16-9-5-2-6-12(16)11-20-23-17(24)15(10-19)22-21-14-8-4-3-7-13(14)18/h2-9,11,21H,1H3,(H,23,24)/b20-11+,22-15+. The Morgan fingerprint density at radius 3 is 2.68 bits per heavy atom. The van der Waals surface area contributed by atoms with Crippen molar-refractivity contribution in [1.82, 2.24) is 5.43 Å². The molecule has 0 saturated carbocycles. The van der Waals surface area contributed by atoms with E-state index in [0.717, 1.165) is 0 Å². The van der Waals surface area contributed by atoms with Crippen LogP contribution in [0.2, 0.25) is 5.02 Å². The first-order chi connectivity index (χ1) is 12.2. The number of hydrogen-bond donors (Lipinski definition) is 2. The number of anilines is 1. The summed E-state index contributed by atoms with van der Waals surface area (Å²) >= 11 is 5.96. The number of hydrogen-bond acceptors (Lipinski definition) is 6. The highest BCUT2D eigenvalue weighted by atomic mass is 35.5. The largest absolute Gasteiger partial charge is 0.496 e. The molecule has 1 amide bonds. The van der Waals surface area contributed by atoms with Crippen LogP contribution in [0.1, 0.15) is 5.56 Å². The zero-order valence-electron chi connectivity index (χ0n) is 13.2. The second-order valence-electron chi connectivity index (χ2n) is 4.60. The fraction of sp³-hybridized carbons (Fsp3) is 0.0588. The molecule has 0 heterocycles. The van der Waals surface area contributed by atoms with E-state index in [2.05, 4.69) is 21.1 Å². The lowest BCUT2D eigenvalue weighted by molar-refractivity contribution is -0.114. The maximum Gasteiger partial charge on any atom is 0.302 e. The number of para-hydroxylation sites is 2. The molecule has 0 aliphatic carbocycles. The van der Waals surface area contributed by atoms with Crippen LogP contribution in [-0.2, 0) is 4.79 Å². The fourth-order valence-electron chi connectivity index (χ4n) is 1.78. The molecule has 7 nitrogen and oxygen atoms in total. The summed E-state index contributed by atoms with van der Waals surface area (Å²) in [5.41, 5.74) is 5.56. The number of halogens is 1. The van der Waals surface area contributed by atoms with Gasteiger partial charge in [-0.05, 0) is 24.3 Å². The van der Waals surface area contributed by atoms with Gasteiger partial charge >= 0.3 is 5.91 Å². The van der Waals surface area contributed by atoms with Crippen molar-refractivity contribution in [3.05, 3.63) is 59.1 Å². The molecule has 0 radical (unpaired) electrons. The van der Waals surface area contributed by atoms with E-state index in [1.807, 2.05) is 6.07 Å². The van der Waals surface area contributed by atoms with E-state index in [4.69, 9.17) is 21.6 Å². The number of carbonyl (C=O) groups excluding carboxylic acids is 1. The van der Waals surface area contributed by atoms with Crippen LogP contribution < -0.4 is 15.6 Å². The maximum absolute atomic E-state index is 11.9. The number of nitrogens with one attached hydrogen (secondary N) is 2. The normalized spacial score (nSPS) is 11.0. The van der Waals surface area contributed by atoms with Crippen LogP contribution in [0, 0.1) is 11.3 Å². The van der Waals surface area contributed by atoms with Gasteiger partial charge in [0.15, 0.2) is 0 Å². The van der Waals surface area contributed by atoms with Crippen LogP contribution in [0.5, 0.6) is 5.75 Å². The number of ether oxygens (including phenoxy) is 1. The Labute approximate surface area is 149 Å². The summed E-state index contributed by atoms with van der Waals surface area (Å²) in [6.45, 7) is 0. The summed E-state index contributed by atoms with van der Waals surface area (Å²) in [5, 5.41) is 17.0. The molecule has 2 aromatic rings. The van der Waals surface area contributed by atoms with E-state index in [0.29, 0.717) is 22.0 Å². The fourth-order valence-corrected chi connectivity index (χ4v) is 1.96. The summed E-state index contributed by atoms with van der Waals surface area (Å²) in [7, 11) is 1.53. The molecule has 2 aromatic carbocycles. The molecule has 0 spiro atoms. The Morgan fingerprint density at radius 1 is 1.24 bits per heavy atom. The van der Waals surface area contributed by atoms with Gasteiger partial charge in [0.1, 0.15) is 11.8 Å². The Kier molecular flexibility index (Phi) is 6.51. The Morgan fingerprint density at radius 2 is 1.96 bits per heavy atom. The van der Waals surface area contributed by atoms with Crippen molar-refractivity contribution in [3.63, 3.8) is 0 Å². The minimum Gasteiger partial charge on any atom is -0.496 e. The average Bonchev–Trinajstić information content (AvgIpc) is 2.64. The molecule has 0 aliphatic heterocycles. The minimum absolute atomic E-state index is 0.392. The molecule has 8 heteroatoms. The van der Waals surface area contributed by atoms with Gasteiger partial charge in [0.25, 0.3) is 0 Å². The molecule has 2 rings (SSSR count). The molecule has 2 N–H and O–H groups in total. The molecule has 0 aliphatic rings. The predicted molar refractivity (Wildman–Crippen MR) is 96.9 cm³/mol. The highest BCUT2D eigenvalue weighted by Gasteiger charge is 2.10. The van der Waals surface area contributed by atoms with E-state index in [1.54, 1.807) is 48.5 Å². The second-order valence-corrected chi connectivity index (χ2v) is 5.01. The summed E-state index contributed by atoms with van der Waals surface area (Å²) in [5.74, 6) is -0.150. The van der Waals surface area contributed by atoms with Crippen molar-refractivity contribution in [2.75, 3.05) is 12.5 Å². The molecule has 0 saturated heterocycles. The van der Waals surface area contributed by atoms with Crippen molar-refractivity contribution in [2.24, 2.45) is 10.2 Å². The van der Waals surface area contributed by atoms with Gasteiger partial charge < -0.3 is 4.74 Å². The molecular formula is C17H14ClN5O2. The van der Waals surface area contributed by atoms with Gasteiger partial charge in [-0.25, -0.2) is 5.43 Å². The van der Waals surface area contributed by atoms with E-state index in [-0.39, 0.29) is 0 Å². The smallest absolute Gasteiger partial charge is 0.302 e. The monoisotopic (exact) mass is 355 g/mol. The molecule has 0 atom stereocenters. The molecule has 0 unspecified atom stereocenters. The van der Waals surface area contributed by atoms with Crippen LogP contribution in [0.3, 0.4) is 0 Å². The molecule has 0 bridgehead atoms. The lowest BCUT2D eigenvalue weighted by Gasteiger charge is -2.04. The number of nitriles is 1. The van der Waals surface area contributed by atoms with Crippen LogP contribution in [0.15, 0.2) is 58.7 Å². The number of benzene rings is 2. The van der Waals surface area contributed by atoms with E-state index in [9.17, 15) is 4.79 Å². The lowest BCUT2D eigenvalue weighted by Crippen LogP contribution is -2.26.